The summed E-state index contributed by atoms with van der Waals surface area (Å²) in [4.78, 5) is 11.9. The zero-order chi connectivity index (χ0) is 17.4. The minimum absolute atomic E-state index is 0.177. The maximum absolute atomic E-state index is 5.48. The molecule has 0 saturated carbocycles. The number of hydrogen-bond acceptors (Lipinski definition) is 6. The average Bonchev–Trinajstić information content (AvgIpc) is 3.28. The van der Waals surface area contributed by atoms with E-state index in [9.17, 15) is 0 Å². The van der Waals surface area contributed by atoms with E-state index >= 15 is 0 Å². The van der Waals surface area contributed by atoms with Gasteiger partial charge in [-0.25, -0.2) is 4.98 Å². The molecule has 25 heavy (non-hydrogen) atoms. The Morgan fingerprint density at radius 1 is 1.12 bits per heavy atom. The van der Waals surface area contributed by atoms with E-state index in [2.05, 4.69) is 60.1 Å². The van der Waals surface area contributed by atoms with Gasteiger partial charge in [-0.15, -0.1) is 11.3 Å². The lowest BCUT2D eigenvalue weighted by Crippen LogP contribution is -2.35. The van der Waals surface area contributed by atoms with Gasteiger partial charge in [0.15, 0.2) is 5.82 Å². The van der Waals surface area contributed by atoms with Gasteiger partial charge < -0.3 is 4.52 Å². The van der Waals surface area contributed by atoms with Crippen LogP contribution in [0.3, 0.4) is 0 Å². The van der Waals surface area contributed by atoms with E-state index in [0.717, 1.165) is 43.2 Å². The molecule has 1 fully saturated rings. The summed E-state index contributed by atoms with van der Waals surface area (Å²) in [5.74, 6) is 2.40. The Morgan fingerprint density at radius 2 is 1.88 bits per heavy atom. The first-order valence-electron chi connectivity index (χ1n) is 9.05. The lowest BCUT2D eigenvalue weighted by atomic mass is 9.96. The maximum atomic E-state index is 5.48. The van der Waals surface area contributed by atoms with E-state index in [-0.39, 0.29) is 6.04 Å². The second-order valence-corrected chi connectivity index (χ2v) is 8.21. The van der Waals surface area contributed by atoms with Crippen LogP contribution in [-0.2, 0) is 0 Å². The standard InChI is InChI=1S/C19H24N4OS/c1-12(2)17-21-18(24-22-17)13(3)23-10-8-14(9-11-23)19-20-15-6-4-5-7-16(15)25-19/h4-7,12-14H,8-11H2,1-3H3. The molecule has 0 N–H and O–H groups in total. The van der Waals surface area contributed by atoms with E-state index in [1.807, 2.05) is 11.3 Å². The molecular weight excluding hydrogens is 332 g/mol. The molecule has 0 amide bonds. The largest absolute Gasteiger partial charge is 0.338 e. The number of hydrogen-bond donors (Lipinski definition) is 0. The molecule has 3 aromatic rings. The summed E-state index contributed by atoms with van der Waals surface area (Å²) < 4.78 is 6.77. The molecule has 1 atom stereocenters. The number of piperidine rings is 1. The van der Waals surface area contributed by atoms with Gasteiger partial charge in [0, 0.05) is 11.8 Å². The van der Waals surface area contributed by atoms with Crippen molar-refractivity contribution in [1.29, 1.82) is 0 Å². The zero-order valence-electron chi connectivity index (χ0n) is 15.0. The number of thiazole rings is 1. The molecule has 1 aliphatic heterocycles. The van der Waals surface area contributed by atoms with Crippen molar-refractivity contribution < 1.29 is 4.52 Å². The van der Waals surface area contributed by atoms with Crippen molar-refractivity contribution in [2.75, 3.05) is 13.1 Å². The van der Waals surface area contributed by atoms with E-state index in [1.54, 1.807) is 0 Å². The SMILES string of the molecule is CC(C)c1noc(C(C)N2CCC(c3nc4ccccc4s3)CC2)n1. The molecule has 132 valence electrons. The van der Waals surface area contributed by atoms with Gasteiger partial charge in [0.25, 0.3) is 0 Å². The monoisotopic (exact) mass is 356 g/mol. The van der Waals surface area contributed by atoms with Crippen LogP contribution in [0.2, 0.25) is 0 Å². The number of aromatic nitrogens is 3. The van der Waals surface area contributed by atoms with Crippen LogP contribution in [-0.4, -0.2) is 33.1 Å². The molecule has 1 unspecified atom stereocenters. The van der Waals surface area contributed by atoms with Crippen molar-refractivity contribution in [3.05, 3.63) is 41.0 Å². The Hall–Kier alpha value is -1.79. The van der Waals surface area contributed by atoms with Crippen LogP contribution in [0, 0.1) is 0 Å². The van der Waals surface area contributed by atoms with Crippen LogP contribution in [0.4, 0.5) is 0 Å². The Bertz CT molecular complexity index is 815. The number of nitrogens with zero attached hydrogens (tertiary/aromatic N) is 4. The average molecular weight is 356 g/mol. The summed E-state index contributed by atoms with van der Waals surface area (Å²) in [6.45, 7) is 8.42. The number of rotatable bonds is 4. The molecule has 2 aromatic heterocycles. The van der Waals surface area contributed by atoms with Gasteiger partial charge in [0.05, 0.1) is 21.3 Å². The Morgan fingerprint density at radius 3 is 2.56 bits per heavy atom. The lowest BCUT2D eigenvalue weighted by Gasteiger charge is -2.33. The third kappa shape index (κ3) is 3.33. The van der Waals surface area contributed by atoms with Crippen LogP contribution in [0.5, 0.6) is 0 Å². The van der Waals surface area contributed by atoms with Crippen molar-refractivity contribution in [2.45, 2.75) is 51.5 Å². The van der Waals surface area contributed by atoms with E-state index in [0.29, 0.717) is 11.8 Å². The summed E-state index contributed by atoms with van der Waals surface area (Å²) in [6, 6.07) is 8.59. The quantitative estimate of drug-likeness (QED) is 0.675. The second-order valence-electron chi connectivity index (χ2n) is 7.15. The molecule has 1 saturated heterocycles. The molecule has 1 aromatic carbocycles. The minimum Gasteiger partial charge on any atom is -0.338 e. The van der Waals surface area contributed by atoms with Crippen LogP contribution in [0.1, 0.15) is 68.2 Å². The molecular formula is C19H24N4OS. The molecule has 6 heteroatoms. The Labute approximate surface area is 152 Å². The third-order valence-electron chi connectivity index (χ3n) is 5.07. The minimum atomic E-state index is 0.177. The number of fused-ring (bicyclic) bond motifs is 1. The predicted octanol–water partition coefficient (Wildman–Crippen LogP) is 4.74. The molecule has 0 aliphatic carbocycles. The fraction of sp³-hybridized carbons (Fsp3) is 0.526. The topological polar surface area (TPSA) is 55.1 Å². The predicted molar refractivity (Wildman–Crippen MR) is 100.0 cm³/mol. The van der Waals surface area contributed by atoms with Gasteiger partial charge in [0.2, 0.25) is 5.89 Å². The molecule has 0 spiro atoms. The van der Waals surface area contributed by atoms with Gasteiger partial charge in [-0.2, -0.15) is 4.98 Å². The van der Waals surface area contributed by atoms with Crippen molar-refractivity contribution in [1.82, 2.24) is 20.0 Å². The van der Waals surface area contributed by atoms with Gasteiger partial charge in [0.1, 0.15) is 0 Å². The van der Waals surface area contributed by atoms with Gasteiger partial charge >= 0.3 is 0 Å². The molecule has 0 bridgehead atoms. The van der Waals surface area contributed by atoms with E-state index < -0.39 is 0 Å². The first kappa shape index (κ1) is 16.7. The molecule has 4 rings (SSSR count). The summed E-state index contributed by atoms with van der Waals surface area (Å²) >= 11 is 1.85. The number of likely N-dealkylation sites (tertiary alicyclic amines) is 1. The third-order valence-corrected chi connectivity index (χ3v) is 6.27. The Balaban J connectivity index is 1.41. The lowest BCUT2D eigenvalue weighted by molar-refractivity contribution is 0.136. The molecule has 0 radical (unpaired) electrons. The van der Waals surface area contributed by atoms with E-state index in [4.69, 9.17) is 9.51 Å². The number of para-hydroxylation sites is 1. The normalized spacial score (nSPS) is 18.2. The zero-order valence-corrected chi connectivity index (χ0v) is 15.8. The van der Waals surface area contributed by atoms with Crippen LogP contribution in [0.25, 0.3) is 10.2 Å². The molecule has 1 aliphatic rings. The Kier molecular flexibility index (Phi) is 4.56. The van der Waals surface area contributed by atoms with Crippen LogP contribution in [0.15, 0.2) is 28.8 Å². The highest BCUT2D eigenvalue weighted by molar-refractivity contribution is 7.18. The van der Waals surface area contributed by atoms with Crippen molar-refractivity contribution in [3.63, 3.8) is 0 Å². The number of benzene rings is 1. The van der Waals surface area contributed by atoms with Crippen LogP contribution < -0.4 is 0 Å². The van der Waals surface area contributed by atoms with Crippen LogP contribution >= 0.6 is 11.3 Å². The first-order chi connectivity index (χ1) is 12.1. The highest BCUT2D eigenvalue weighted by Gasteiger charge is 2.29. The van der Waals surface area contributed by atoms with Crippen molar-refractivity contribution >= 4 is 21.6 Å². The van der Waals surface area contributed by atoms with Gasteiger partial charge in [-0.05, 0) is 45.0 Å². The highest BCUT2D eigenvalue weighted by atomic mass is 32.1. The van der Waals surface area contributed by atoms with Gasteiger partial charge in [-0.1, -0.05) is 31.1 Å². The van der Waals surface area contributed by atoms with Crippen molar-refractivity contribution in [3.8, 4) is 0 Å². The summed E-state index contributed by atoms with van der Waals surface area (Å²) in [7, 11) is 0. The second kappa shape index (κ2) is 6.84. The highest BCUT2D eigenvalue weighted by Crippen LogP contribution is 2.35. The summed E-state index contributed by atoms with van der Waals surface area (Å²) in [6.07, 6.45) is 2.27. The summed E-state index contributed by atoms with van der Waals surface area (Å²) in [5, 5.41) is 5.38. The smallest absolute Gasteiger partial charge is 0.243 e. The molecule has 5 nitrogen and oxygen atoms in total. The first-order valence-corrected chi connectivity index (χ1v) is 9.86. The van der Waals surface area contributed by atoms with Gasteiger partial charge in [-0.3, -0.25) is 4.90 Å². The fourth-order valence-corrected chi connectivity index (χ4v) is 4.54. The van der Waals surface area contributed by atoms with Crippen molar-refractivity contribution in [2.24, 2.45) is 0 Å². The van der Waals surface area contributed by atoms with E-state index in [1.165, 1.54) is 9.71 Å². The maximum Gasteiger partial charge on any atom is 0.243 e. The summed E-state index contributed by atoms with van der Waals surface area (Å²) in [5.41, 5.74) is 1.13. The molecule has 3 heterocycles. The fourth-order valence-electron chi connectivity index (χ4n) is 3.41.